The van der Waals surface area contributed by atoms with Gasteiger partial charge in [-0.05, 0) is 25.7 Å². The molecule has 0 spiro atoms. The van der Waals surface area contributed by atoms with Gasteiger partial charge in [0.2, 0.25) is 11.8 Å². The van der Waals surface area contributed by atoms with Crippen molar-refractivity contribution in [2.45, 2.75) is 206 Å². The maximum Gasteiger partial charge on any atom is 0.305 e. The third-order valence-corrected chi connectivity index (χ3v) is 9.59. The first-order valence-electron chi connectivity index (χ1n) is 21.0. The summed E-state index contributed by atoms with van der Waals surface area (Å²) in [6.45, 7) is 2.52. The molecular formula is C41H79Cl2N3O8. The van der Waals surface area contributed by atoms with Crippen molar-refractivity contribution in [3.8, 4) is 0 Å². The number of aliphatic carboxylic acids is 1. The molecule has 0 fully saturated rings. The van der Waals surface area contributed by atoms with Crippen LogP contribution < -0.4 is 11.5 Å². The van der Waals surface area contributed by atoms with Gasteiger partial charge >= 0.3 is 17.9 Å². The van der Waals surface area contributed by atoms with E-state index in [1.165, 1.54) is 101 Å². The molecule has 0 aliphatic heterocycles. The van der Waals surface area contributed by atoms with Crippen molar-refractivity contribution >= 4 is 54.5 Å². The van der Waals surface area contributed by atoms with E-state index in [4.69, 9.17) is 26.0 Å². The van der Waals surface area contributed by atoms with Gasteiger partial charge in [-0.25, -0.2) is 0 Å². The van der Waals surface area contributed by atoms with Crippen molar-refractivity contribution in [2.75, 3.05) is 26.3 Å². The molecule has 0 aromatic heterocycles. The Hall–Kier alpha value is -2.11. The molecule has 0 aromatic rings. The number of unbranched alkanes of at least 4 members (excludes halogenated alkanes) is 23. The van der Waals surface area contributed by atoms with Crippen molar-refractivity contribution in [3.05, 3.63) is 0 Å². The second kappa shape index (κ2) is 42.0. The van der Waals surface area contributed by atoms with Crippen LogP contribution in [0.3, 0.4) is 0 Å². The highest BCUT2D eigenvalue weighted by atomic mass is 35.5. The molecule has 5 N–H and O–H groups in total. The lowest BCUT2D eigenvalue weighted by atomic mass is 10.0. The van der Waals surface area contributed by atoms with Gasteiger partial charge in [0.25, 0.3) is 0 Å². The van der Waals surface area contributed by atoms with Crippen LogP contribution in [0.2, 0.25) is 0 Å². The molecule has 11 nitrogen and oxygen atoms in total. The normalized spacial score (nSPS) is 11.2. The number of halogens is 2. The topological polar surface area (TPSA) is 179 Å². The van der Waals surface area contributed by atoms with Gasteiger partial charge < -0.3 is 30.9 Å². The summed E-state index contributed by atoms with van der Waals surface area (Å²) in [5, 5.41) is 8.66. The number of carboxylic acid groups (broad SMARTS) is 1. The van der Waals surface area contributed by atoms with E-state index >= 15 is 0 Å². The van der Waals surface area contributed by atoms with Gasteiger partial charge in [-0.15, -0.1) is 24.8 Å². The van der Waals surface area contributed by atoms with Gasteiger partial charge in [-0.3, -0.25) is 24.0 Å². The first kappa shape index (κ1) is 56.2. The Morgan fingerprint density at radius 2 is 0.833 bits per heavy atom. The lowest BCUT2D eigenvalue weighted by Crippen LogP contribution is -2.47. The van der Waals surface area contributed by atoms with Crippen molar-refractivity contribution in [1.82, 2.24) is 4.90 Å². The summed E-state index contributed by atoms with van der Waals surface area (Å²) < 4.78 is 10.8. The number of carbonyl (C=O) groups excluding carboxylic acids is 4. The minimum absolute atomic E-state index is 0. The minimum Gasteiger partial charge on any atom is -0.481 e. The Labute approximate surface area is 340 Å². The maximum absolute atomic E-state index is 13.0. The Balaban J connectivity index is -0.0000130. The van der Waals surface area contributed by atoms with Crippen molar-refractivity contribution in [1.29, 1.82) is 0 Å². The summed E-state index contributed by atoms with van der Waals surface area (Å²) in [7, 11) is 0. The fourth-order valence-corrected chi connectivity index (χ4v) is 6.27. The van der Waals surface area contributed by atoms with Gasteiger partial charge in [-0.1, -0.05) is 148 Å². The quantitative estimate of drug-likeness (QED) is 0.0403. The highest BCUT2D eigenvalue weighted by Gasteiger charge is 2.22. The predicted molar refractivity (Wildman–Crippen MR) is 222 cm³/mol. The van der Waals surface area contributed by atoms with Crippen molar-refractivity contribution in [2.24, 2.45) is 11.5 Å². The summed E-state index contributed by atoms with van der Waals surface area (Å²) >= 11 is 0. The van der Waals surface area contributed by atoms with E-state index < -0.39 is 23.8 Å². The van der Waals surface area contributed by atoms with Gasteiger partial charge in [0, 0.05) is 25.7 Å². The molecular weight excluding hydrogens is 733 g/mol. The number of esters is 2. The van der Waals surface area contributed by atoms with Gasteiger partial charge in [-0.2, -0.15) is 0 Å². The number of amides is 2. The smallest absolute Gasteiger partial charge is 0.305 e. The van der Waals surface area contributed by atoms with Crippen LogP contribution in [-0.2, 0) is 33.4 Å². The lowest BCUT2D eigenvalue weighted by molar-refractivity contribution is -0.148. The number of hydrogen-bond donors (Lipinski definition) is 3. The summed E-state index contributed by atoms with van der Waals surface area (Å²) in [5.41, 5.74) is 11.3. The van der Waals surface area contributed by atoms with E-state index in [-0.39, 0.29) is 82.3 Å². The molecule has 1 atom stereocenters. The summed E-state index contributed by atoms with van der Waals surface area (Å²) in [6.07, 6.45) is 29.9. The summed E-state index contributed by atoms with van der Waals surface area (Å²) in [4.78, 5) is 60.8. The van der Waals surface area contributed by atoms with E-state index in [1.807, 2.05) is 0 Å². The molecule has 13 heteroatoms. The number of nitrogens with two attached hydrogens (primary N) is 2. The van der Waals surface area contributed by atoms with Gasteiger partial charge in [0.05, 0.1) is 19.1 Å². The Bertz CT molecular complexity index is 929. The Morgan fingerprint density at radius 1 is 0.519 bits per heavy atom. The van der Waals surface area contributed by atoms with E-state index in [0.29, 0.717) is 12.8 Å². The van der Waals surface area contributed by atoms with Crippen LogP contribution in [-0.4, -0.2) is 72.1 Å². The number of carboxylic acids is 1. The Kier molecular flexibility index (Phi) is 43.8. The van der Waals surface area contributed by atoms with E-state index in [0.717, 1.165) is 64.2 Å². The predicted octanol–water partition coefficient (Wildman–Crippen LogP) is 9.37. The molecule has 0 saturated carbocycles. The second-order valence-electron chi connectivity index (χ2n) is 14.5. The first-order valence-corrected chi connectivity index (χ1v) is 21.0. The average Bonchev–Trinajstić information content (AvgIpc) is 3.11. The SMILES string of the molecule is CCCCCCCCCCCCCCCC(=O)OCCN(CCOC(=O)CCCCCCCCCCCCCCC(=O)O)C(=O)[C@@H](N)CCC(N)=O.Cl.Cl. The fraction of sp³-hybridized carbons (Fsp3) is 0.878. The number of nitrogens with zero attached hydrogens (tertiary/aromatic N) is 1. The lowest BCUT2D eigenvalue weighted by Gasteiger charge is -2.25. The third kappa shape index (κ3) is 39.6. The number of primary amides is 1. The molecule has 54 heavy (non-hydrogen) atoms. The van der Waals surface area contributed by atoms with Crippen LogP contribution in [0.4, 0.5) is 0 Å². The van der Waals surface area contributed by atoms with Gasteiger partial charge in [0.1, 0.15) is 13.2 Å². The van der Waals surface area contributed by atoms with Crippen molar-refractivity contribution < 1.29 is 38.6 Å². The van der Waals surface area contributed by atoms with Crippen LogP contribution in [0.25, 0.3) is 0 Å². The van der Waals surface area contributed by atoms with Crippen LogP contribution in [0.5, 0.6) is 0 Å². The fourth-order valence-electron chi connectivity index (χ4n) is 6.27. The number of rotatable bonds is 39. The number of hydrogen-bond acceptors (Lipinski definition) is 8. The van der Waals surface area contributed by atoms with Crippen LogP contribution >= 0.6 is 24.8 Å². The van der Waals surface area contributed by atoms with E-state index in [2.05, 4.69) is 6.92 Å². The van der Waals surface area contributed by atoms with Crippen LogP contribution in [0, 0.1) is 0 Å². The van der Waals surface area contributed by atoms with Crippen molar-refractivity contribution in [3.63, 3.8) is 0 Å². The molecule has 0 bridgehead atoms. The molecule has 0 heterocycles. The molecule has 0 unspecified atom stereocenters. The second-order valence-corrected chi connectivity index (χ2v) is 14.5. The standard InChI is InChI=1S/C41H77N3O8.2ClH/c1-2-3-4-5-6-7-8-9-13-16-19-22-25-28-39(48)51-34-32-44(41(50)36(42)30-31-37(43)45)33-35-52-40(49)29-26-23-20-17-14-11-10-12-15-18-21-24-27-38(46)47;;/h36H,2-35,42H2,1H3,(H2,43,45)(H,46,47);2*1H/t36-;;/m0../s1. The molecule has 0 aliphatic carbocycles. The highest BCUT2D eigenvalue weighted by Crippen LogP contribution is 2.15. The van der Waals surface area contributed by atoms with E-state index in [1.54, 1.807) is 0 Å². The number of ether oxygens (including phenoxy) is 2. The number of carbonyl (C=O) groups is 5. The molecule has 0 aliphatic rings. The zero-order chi connectivity index (χ0) is 38.5. The third-order valence-electron chi connectivity index (χ3n) is 9.59. The zero-order valence-corrected chi connectivity index (χ0v) is 35.5. The zero-order valence-electron chi connectivity index (χ0n) is 33.8. The molecule has 2 amide bonds. The largest absolute Gasteiger partial charge is 0.481 e. The summed E-state index contributed by atoms with van der Waals surface area (Å²) in [6, 6.07) is -0.930. The van der Waals surface area contributed by atoms with Crippen LogP contribution in [0.1, 0.15) is 200 Å². The highest BCUT2D eigenvalue weighted by molar-refractivity contribution is 5.85. The Morgan fingerprint density at radius 3 is 1.15 bits per heavy atom. The molecule has 0 saturated heterocycles. The first-order chi connectivity index (χ1) is 25.2. The molecule has 320 valence electrons. The summed E-state index contributed by atoms with van der Waals surface area (Å²) in [5.74, 6) is -2.25. The maximum atomic E-state index is 13.0. The van der Waals surface area contributed by atoms with Crippen LogP contribution in [0.15, 0.2) is 0 Å². The van der Waals surface area contributed by atoms with Gasteiger partial charge in [0.15, 0.2) is 0 Å². The average molecular weight is 813 g/mol. The minimum atomic E-state index is -0.930. The molecule has 0 aromatic carbocycles. The molecule has 0 rings (SSSR count). The molecule has 0 radical (unpaired) electrons. The monoisotopic (exact) mass is 812 g/mol. The van der Waals surface area contributed by atoms with E-state index in [9.17, 15) is 24.0 Å².